The second-order valence-corrected chi connectivity index (χ2v) is 4.25. The quantitative estimate of drug-likeness (QED) is 0.372. The molecular formula is C6H15N2O5P. The number of hydroxylamine groups is 1. The minimum Gasteiger partial charge on any atom is -0.304 e. The number of rotatable bonds is 5. The zero-order chi connectivity index (χ0) is 11.4. The summed E-state index contributed by atoms with van der Waals surface area (Å²) in [5.74, 6) is -0.637. The summed E-state index contributed by atoms with van der Waals surface area (Å²) in [5, 5.41) is 2.83. The summed E-state index contributed by atoms with van der Waals surface area (Å²) < 4.78 is 14.0. The van der Waals surface area contributed by atoms with Crippen LogP contribution in [0, 0.1) is 0 Å². The van der Waals surface area contributed by atoms with Gasteiger partial charge in [0.25, 0.3) is 5.91 Å². The van der Waals surface area contributed by atoms with Gasteiger partial charge in [0.05, 0.1) is 6.04 Å². The molecule has 0 aromatic heterocycles. The number of carbonyl (C=O) groups is 1. The average molecular weight is 226 g/mol. The third kappa shape index (κ3) is 6.99. The Hall–Kier alpha value is -0.460. The first-order valence-corrected chi connectivity index (χ1v) is 5.55. The lowest BCUT2D eigenvalue weighted by molar-refractivity contribution is -0.130. The van der Waals surface area contributed by atoms with Gasteiger partial charge in [-0.05, 0) is 6.92 Å². The molecule has 7 nitrogen and oxygen atoms in total. The molecule has 0 fully saturated rings. The van der Waals surface area contributed by atoms with E-state index < -0.39 is 19.8 Å². The van der Waals surface area contributed by atoms with Crippen molar-refractivity contribution in [3.63, 3.8) is 0 Å². The molecule has 0 aliphatic heterocycles. The van der Waals surface area contributed by atoms with E-state index in [0.29, 0.717) is 0 Å². The van der Waals surface area contributed by atoms with Crippen molar-refractivity contribution in [2.75, 3.05) is 0 Å². The molecule has 0 spiro atoms. The molecule has 0 bridgehead atoms. The lowest BCUT2D eigenvalue weighted by Crippen LogP contribution is -2.44. The van der Waals surface area contributed by atoms with Gasteiger partial charge < -0.3 is 15.1 Å². The molecule has 0 heterocycles. The van der Waals surface area contributed by atoms with Gasteiger partial charge in [-0.2, -0.15) is 4.62 Å². The number of amides is 1. The number of nitrogens with one attached hydrogen (secondary N) is 2. The fourth-order valence-corrected chi connectivity index (χ4v) is 0.977. The van der Waals surface area contributed by atoms with Crippen LogP contribution in [0.3, 0.4) is 0 Å². The van der Waals surface area contributed by atoms with E-state index in [1.165, 1.54) is 0 Å². The lowest BCUT2D eigenvalue weighted by atomic mass is 10.3. The summed E-state index contributed by atoms with van der Waals surface area (Å²) in [6.07, 6.45) is 0. The summed E-state index contributed by atoms with van der Waals surface area (Å²) in [4.78, 5) is 27.7. The molecule has 0 saturated heterocycles. The van der Waals surface area contributed by atoms with Crippen LogP contribution in [0.2, 0.25) is 0 Å². The van der Waals surface area contributed by atoms with Crippen LogP contribution >= 0.6 is 7.82 Å². The molecular weight excluding hydrogens is 211 g/mol. The number of carbonyl (C=O) groups excluding carboxylic acids is 1. The highest BCUT2D eigenvalue weighted by Gasteiger charge is 2.19. The Bertz CT molecular complexity index is 238. The normalized spacial score (nSPS) is 14.1. The molecule has 84 valence electrons. The zero-order valence-corrected chi connectivity index (χ0v) is 9.12. The topological polar surface area (TPSA) is 108 Å². The maximum Gasteiger partial charge on any atom is 0.491 e. The van der Waals surface area contributed by atoms with Crippen molar-refractivity contribution in [3.05, 3.63) is 0 Å². The largest absolute Gasteiger partial charge is 0.491 e. The number of hydrogen-bond acceptors (Lipinski definition) is 4. The average Bonchev–Trinajstić information content (AvgIpc) is 1.97. The van der Waals surface area contributed by atoms with Gasteiger partial charge in [-0.15, -0.1) is 0 Å². The van der Waals surface area contributed by atoms with Gasteiger partial charge in [-0.25, -0.2) is 10.0 Å². The van der Waals surface area contributed by atoms with Gasteiger partial charge in [0, 0.05) is 6.04 Å². The maximum atomic E-state index is 11.1. The monoisotopic (exact) mass is 226 g/mol. The van der Waals surface area contributed by atoms with Gasteiger partial charge in [0.2, 0.25) is 0 Å². The van der Waals surface area contributed by atoms with Crippen LogP contribution in [0.4, 0.5) is 0 Å². The second-order valence-electron chi connectivity index (χ2n) is 3.09. The minimum absolute atomic E-state index is 0.0887. The highest BCUT2D eigenvalue weighted by molar-refractivity contribution is 7.46. The number of hydrogen-bond donors (Lipinski definition) is 4. The Morgan fingerprint density at radius 1 is 1.36 bits per heavy atom. The molecule has 0 rings (SSSR count). The Morgan fingerprint density at radius 3 is 2.21 bits per heavy atom. The van der Waals surface area contributed by atoms with E-state index in [0.717, 1.165) is 0 Å². The second kappa shape index (κ2) is 5.43. The van der Waals surface area contributed by atoms with E-state index in [1.54, 1.807) is 12.4 Å². The minimum atomic E-state index is -4.65. The van der Waals surface area contributed by atoms with Crippen molar-refractivity contribution in [2.24, 2.45) is 0 Å². The first-order valence-electron chi connectivity index (χ1n) is 4.02. The van der Waals surface area contributed by atoms with Crippen molar-refractivity contribution in [2.45, 2.75) is 32.9 Å². The van der Waals surface area contributed by atoms with Gasteiger partial charge in [0.15, 0.2) is 0 Å². The van der Waals surface area contributed by atoms with E-state index in [-0.39, 0.29) is 6.04 Å². The molecule has 0 radical (unpaired) electrons. The molecule has 8 heteroatoms. The van der Waals surface area contributed by atoms with Crippen molar-refractivity contribution < 1.29 is 23.8 Å². The van der Waals surface area contributed by atoms with Crippen molar-refractivity contribution in [1.29, 1.82) is 0 Å². The molecule has 1 atom stereocenters. The molecule has 1 amide bonds. The van der Waals surface area contributed by atoms with Crippen LogP contribution in [0.5, 0.6) is 0 Å². The van der Waals surface area contributed by atoms with E-state index in [1.807, 2.05) is 13.8 Å². The first kappa shape index (κ1) is 13.5. The Labute approximate surface area is 82.0 Å². The van der Waals surface area contributed by atoms with Crippen LogP contribution in [0.1, 0.15) is 20.8 Å². The van der Waals surface area contributed by atoms with Crippen molar-refractivity contribution in [1.82, 2.24) is 10.8 Å². The van der Waals surface area contributed by atoms with Crippen LogP contribution in [-0.4, -0.2) is 27.8 Å². The van der Waals surface area contributed by atoms with Crippen LogP contribution in [-0.2, 0) is 14.0 Å². The third-order valence-corrected chi connectivity index (χ3v) is 1.57. The van der Waals surface area contributed by atoms with E-state index in [2.05, 4.69) is 9.94 Å². The van der Waals surface area contributed by atoms with Gasteiger partial charge in [-0.3, -0.25) is 4.79 Å². The third-order valence-electron chi connectivity index (χ3n) is 1.24. The van der Waals surface area contributed by atoms with Crippen LogP contribution in [0.15, 0.2) is 0 Å². The fraction of sp³-hybridized carbons (Fsp3) is 0.833. The summed E-state index contributed by atoms with van der Waals surface area (Å²) in [6, 6.07) is -0.493. The molecule has 0 aromatic rings. The summed E-state index contributed by atoms with van der Waals surface area (Å²) in [7, 11) is -4.65. The van der Waals surface area contributed by atoms with Crippen molar-refractivity contribution >= 4 is 13.7 Å². The number of phosphoric acid groups is 1. The Kier molecular flexibility index (Phi) is 5.25. The Balaban J connectivity index is 3.91. The summed E-state index contributed by atoms with van der Waals surface area (Å²) in [5.41, 5.74) is 1.66. The predicted molar refractivity (Wildman–Crippen MR) is 49.0 cm³/mol. The Morgan fingerprint density at radius 2 is 1.86 bits per heavy atom. The molecule has 0 aromatic carbocycles. The van der Waals surface area contributed by atoms with E-state index in [4.69, 9.17) is 9.79 Å². The van der Waals surface area contributed by atoms with E-state index >= 15 is 0 Å². The predicted octanol–water partition coefficient (Wildman–Crippen LogP) is -0.487. The summed E-state index contributed by atoms with van der Waals surface area (Å²) in [6.45, 7) is 5.24. The lowest BCUT2D eigenvalue weighted by Gasteiger charge is -2.16. The van der Waals surface area contributed by atoms with Crippen LogP contribution < -0.4 is 10.8 Å². The SMILES string of the molecule is CC(C)N[C@@H](C)C(=O)NOP(=O)(O)O. The fourth-order valence-electron chi connectivity index (χ4n) is 0.769. The molecule has 0 saturated carbocycles. The highest BCUT2D eigenvalue weighted by atomic mass is 31.2. The van der Waals surface area contributed by atoms with Crippen molar-refractivity contribution in [3.8, 4) is 0 Å². The van der Waals surface area contributed by atoms with Gasteiger partial charge in [0.1, 0.15) is 0 Å². The highest BCUT2D eigenvalue weighted by Crippen LogP contribution is 2.33. The molecule has 0 aliphatic rings. The van der Waals surface area contributed by atoms with Crippen LogP contribution in [0.25, 0.3) is 0 Å². The first-order chi connectivity index (χ1) is 6.22. The van der Waals surface area contributed by atoms with Gasteiger partial charge in [-0.1, -0.05) is 13.8 Å². The molecule has 4 N–H and O–H groups in total. The molecule has 0 aliphatic carbocycles. The zero-order valence-electron chi connectivity index (χ0n) is 8.22. The van der Waals surface area contributed by atoms with Gasteiger partial charge >= 0.3 is 7.82 Å². The summed E-state index contributed by atoms with van der Waals surface area (Å²) >= 11 is 0. The maximum absolute atomic E-state index is 11.1. The molecule has 0 unspecified atom stereocenters. The standard InChI is InChI=1S/C6H15N2O5P/c1-4(2)7-5(3)6(9)8-13-14(10,11)12/h4-5,7H,1-3H3,(H,8,9)(H2,10,11,12)/t5-/m0/s1. The smallest absolute Gasteiger partial charge is 0.304 e. The molecule has 14 heavy (non-hydrogen) atoms. The van der Waals surface area contributed by atoms with E-state index in [9.17, 15) is 9.36 Å².